The Balaban J connectivity index is 1.63. The van der Waals surface area contributed by atoms with Crippen LogP contribution in [0, 0.1) is 5.92 Å². The fourth-order valence-corrected chi connectivity index (χ4v) is 7.44. The van der Waals surface area contributed by atoms with Crippen LogP contribution in [-0.4, -0.2) is 93.8 Å². The van der Waals surface area contributed by atoms with Crippen LogP contribution in [-0.2, 0) is 51.2 Å². The number of unbranched alkanes of at least 4 members (excludes halogenated alkanes) is 11. The van der Waals surface area contributed by atoms with Gasteiger partial charge in [0.2, 0.25) is 41.4 Å². The van der Waals surface area contributed by atoms with Crippen LogP contribution in [0.15, 0.2) is 60.7 Å². The third-order valence-electron chi connectivity index (χ3n) is 11.2. The first-order valence-electron chi connectivity index (χ1n) is 23.5. The molecule has 366 valence electrons. The summed E-state index contributed by atoms with van der Waals surface area (Å²) in [5.41, 5.74) is 12.4. The van der Waals surface area contributed by atoms with Crippen molar-refractivity contribution in [3.63, 3.8) is 0 Å². The maximum atomic E-state index is 13.3. The van der Waals surface area contributed by atoms with Gasteiger partial charge in [-0.25, -0.2) is 4.79 Å². The quantitative estimate of drug-likeness (QED) is 0.0453. The van der Waals surface area contributed by atoms with E-state index in [9.17, 15) is 48.6 Å². The summed E-state index contributed by atoms with van der Waals surface area (Å²) in [6.07, 6.45) is 10.6. The van der Waals surface area contributed by atoms with Gasteiger partial charge in [-0.2, -0.15) is 0 Å². The normalized spacial score (nSPS) is 13.8. The minimum Gasteiger partial charge on any atom is -0.480 e. The van der Waals surface area contributed by atoms with Crippen LogP contribution in [0.5, 0.6) is 0 Å². The number of carbonyl (C=O) groups is 8. The molecule has 66 heavy (non-hydrogen) atoms. The van der Waals surface area contributed by atoms with Crippen LogP contribution in [0.1, 0.15) is 141 Å². The number of aliphatic hydroxyl groups excluding tert-OH is 1. The molecule has 0 bridgehead atoms. The van der Waals surface area contributed by atoms with Crippen molar-refractivity contribution in [2.24, 2.45) is 17.4 Å². The number of primary amides is 2. The predicted molar refractivity (Wildman–Crippen MR) is 251 cm³/mol. The Labute approximate surface area is 389 Å². The van der Waals surface area contributed by atoms with Gasteiger partial charge in [0.05, 0.1) is 6.10 Å². The summed E-state index contributed by atoms with van der Waals surface area (Å²) in [4.78, 5) is 101. The molecule has 6 atom stereocenters. The van der Waals surface area contributed by atoms with Crippen molar-refractivity contribution in [1.82, 2.24) is 26.6 Å². The second-order valence-electron chi connectivity index (χ2n) is 17.6. The number of carbonyl (C=O) groups excluding carboxylic acids is 7. The Hall–Kier alpha value is -5.84. The molecule has 0 aromatic heterocycles. The van der Waals surface area contributed by atoms with Gasteiger partial charge >= 0.3 is 5.97 Å². The number of rotatable bonds is 35. The van der Waals surface area contributed by atoms with Gasteiger partial charge < -0.3 is 48.3 Å². The van der Waals surface area contributed by atoms with Crippen LogP contribution in [0.3, 0.4) is 0 Å². The highest BCUT2D eigenvalue weighted by atomic mass is 16.4. The van der Waals surface area contributed by atoms with E-state index in [1.54, 1.807) is 30.3 Å². The lowest BCUT2D eigenvalue weighted by atomic mass is 10.0. The van der Waals surface area contributed by atoms with Gasteiger partial charge in [0.15, 0.2) is 0 Å². The highest BCUT2D eigenvalue weighted by Gasteiger charge is 2.32. The highest BCUT2D eigenvalue weighted by Crippen LogP contribution is 2.14. The van der Waals surface area contributed by atoms with Crippen LogP contribution in [0.4, 0.5) is 0 Å². The summed E-state index contributed by atoms with van der Waals surface area (Å²) in [5, 5.41) is 33.2. The van der Waals surface area contributed by atoms with E-state index in [1.807, 2.05) is 44.2 Å². The summed E-state index contributed by atoms with van der Waals surface area (Å²) >= 11 is 0. The number of carboxylic acids is 1. The zero-order valence-corrected chi connectivity index (χ0v) is 39.1. The molecule has 17 nitrogen and oxygen atoms in total. The Kier molecular flexibility index (Phi) is 27.2. The summed E-state index contributed by atoms with van der Waals surface area (Å²) in [6, 6.07) is 12.3. The van der Waals surface area contributed by atoms with E-state index in [2.05, 4.69) is 26.6 Å². The Morgan fingerprint density at radius 1 is 0.500 bits per heavy atom. The first kappa shape index (κ1) is 56.3. The van der Waals surface area contributed by atoms with Gasteiger partial charge in [-0.15, -0.1) is 0 Å². The molecular weight excluding hydrogens is 847 g/mol. The molecule has 7 amide bonds. The molecule has 0 radical (unpaired) electrons. The summed E-state index contributed by atoms with van der Waals surface area (Å²) in [7, 11) is 0. The third kappa shape index (κ3) is 24.4. The second-order valence-corrected chi connectivity index (χ2v) is 17.6. The number of hydrogen-bond acceptors (Lipinski definition) is 9. The average molecular weight is 922 g/mol. The smallest absolute Gasteiger partial charge is 0.326 e. The number of amides is 7. The molecule has 0 spiro atoms. The van der Waals surface area contributed by atoms with Crippen molar-refractivity contribution < 1.29 is 48.6 Å². The molecule has 0 unspecified atom stereocenters. The molecule has 0 aliphatic carbocycles. The van der Waals surface area contributed by atoms with E-state index in [0.717, 1.165) is 75.3 Å². The largest absolute Gasteiger partial charge is 0.480 e. The molecule has 2 rings (SSSR count). The van der Waals surface area contributed by atoms with E-state index < -0.39 is 71.8 Å². The summed E-state index contributed by atoms with van der Waals surface area (Å²) < 4.78 is 0. The molecule has 2 aromatic carbocycles. The number of aliphatic hydroxyl groups is 1. The molecule has 11 N–H and O–H groups in total. The lowest BCUT2D eigenvalue weighted by Crippen LogP contribution is -2.59. The van der Waals surface area contributed by atoms with Gasteiger partial charge in [-0.1, -0.05) is 139 Å². The number of hydrogen-bond donors (Lipinski definition) is 9. The van der Waals surface area contributed by atoms with Gasteiger partial charge in [-0.3, -0.25) is 33.6 Å². The second kappa shape index (κ2) is 31.9. The standard InChI is InChI=1S/C49H75N7O10/c1-33(2)30-39(47(63)53-38(45(51)61)31-35-22-16-14-17-23-35)54-48(64)44(34(3)57)56-43(60)27-21-13-11-9-7-5-4-6-8-10-12-20-26-42(59)52-37(28-29-41(50)58)46(62)55-40(49(65)66)32-36-24-18-15-19-25-36/h14-19,22-25,33-34,37-40,44,57H,4-13,20-21,26-32H2,1-3H3,(H2,50,58)(H2,51,61)(H,52,59)(H,53,63)(H,54,64)(H,55,62)(H,56,60)(H,65,66)/t34-,37+,38+,39+,40+,44+/m1/s1. The summed E-state index contributed by atoms with van der Waals surface area (Å²) in [6.45, 7) is 5.15. The SMILES string of the molecule is CC(C)C[C@H](NC(=O)[C@@H](NC(=O)CCCCCCCCCCCCCCC(=O)N[C@@H](CCC(N)=O)C(=O)N[C@@H](Cc1ccccc1)C(=O)O)[C@@H](C)O)C(=O)N[C@@H](Cc1ccccc1)C(N)=O. The first-order valence-corrected chi connectivity index (χ1v) is 23.5. The van der Waals surface area contributed by atoms with Crippen molar-refractivity contribution in [2.75, 3.05) is 0 Å². The van der Waals surface area contributed by atoms with E-state index >= 15 is 0 Å². The van der Waals surface area contributed by atoms with Crippen molar-refractivity contribution in [1.29, 1.82) is 0 Å². The lowest BCUT2D eigenvalue weighted by Gasteiger charge is -2.26. The molecule has 0 fully saturated rings. The third-order valence-corrected chi connectivity index (χ3v) is 11.2. The Morgan fingerprint density at radius 3 is 1.33 bits per heavy atom. The van der Waals surface area contributed by atoms with E-state index in [1.165, 1.54) is 6.92 Å². The lowest BCUT2D eigenvalue weighted by molar-refractivity contribution is -0.142. The number of carboxylic acid groups (broad SMARTS) is 1. The predicted octanol–water partition coefficient (Wildman–Crippen LogP) is 3.62. The monoisotopic (exact) mass is 922 g/mol. The summed E-state index contributed by atoms with van der Waals surface area (Å²) in [5.74, 6) is -5.28. The van der Waals surface area contributed by atoms with Crippen molar-refractivity contribution in [2.45, 2.75) is 179 Å². The van der Waals surface area contributed by atoms with Crippen LogP contribution in [0.25, 0.3) is 0 Å². The van der Waals surface area contributed by atoms with E-state index in [4.69, 9.17) is 11.5 Å². The van der Waals surface area contributed by atoms with E-state index in [-0.39, 0.29) is 62.7 Å². The fourth-order valence-electron chi connectivity index (χ4n) is 7.44. The van der Waals surface area contributed by atoms with Crippen LogP contribution >= 0.6 is 0 Å². The number of nitrogens with one attached hydrogen (secondary N) is 5. The van der Waals surface area contributed by atoms with Gasteiger partial charge in [-0.05, 0) is 49.7 Å². The average Bonchev–Trinajstić information content (AvgIpc) is 3.26. The number of nitrogens with two attached hydrogens (primary N) is 2. The maximum Gasteiger partial charge on any atom is 0.326 e. The zero-order valence-electron chi connectivity index (χ0n) is 39.1. The minimum absolute atomic E-state index is 0.00382. The van der Waals surface area contributed by atoms with Crippen molar-refractivity contribution in [3.05, 3.63) is 71.8 Å². The van der Waals surface area contributed by atoms with Crippen LogP contribution in [0.2, 0.25) is 0 Å². The molecule has 17 heteroatoms. The molecule has 0 heterocycles. The minimum atomic E-state index is -1.28. The molecule has 0 saturated heterocycles. The molecule has 2 aromatic rings. The highest BCUT2D eigenvalue weighted by molar-refractivity contribution is 5.94. The molecular formula is C49H75N7O10. The van der Waals surface area contributed by atoms with Crippen LogP contribution < -0.4 is 38.1 Å². The number of benzene rings is 2. The van der Waals surface area contributed by atoms with Gasteiger partial charge in [0, 0.05) is 32.1 Å². The zero-order chi connectivity index (χ0) is 48.9. The van der Waals surface area contributed by atoms with Crippen molar-refractivity contribution in [3.8, 4) is 0 Å². The molecule has 0 saturated carbocycles. The van der Waals surface area contributed by atoms with Crippen molar-refractivity contribution >= 4 is 47.3 Å². The fraction of sp³-hybridized carbons (Fsp3) is 0.592. The van der Waals surface area contributed by atoms with E-state index in [0.29, 0.717) is 12.8 Å². The van der Waals surface area contributed by atoms with Gasteiger partial charge in [0.25, 0.3) is 0 Å². The Bertz CT molecular complexity index is 1810. The molecule has 0 aliphatic heterocycles. The number of aliphatic carboxylic acids is 1. The Morgan fingerprint density at radius 2 is 0.909 bits per heavy atom. The molecule has 0 aliphatic rings. The van der Waals surface area contributed by atoms with Gasteiger partial charge in [0.1, 0.15) is 30.2 Å². The maximum absolute atomic E-state index is 13.3. The first-order chi connectivity index (χ1) is 31.5. The topological polar surface area (TPSA) is 289 Å².